The highest BCUT2D eigenvalue weighted by Crippen LogP contribution is 2.31. The highest BCUT2D eigenvalue weighted by atomic mass is 15.3. The number of fused-ring (bicyclic) bond motifs is 1. The van der Waals surface area contributed by atoms with Gasteiger partial charge in [0, 0.05) is 50.3 Å². The first-order valence-electron chi connectivity index (χ1n) is 7.92. The second-order valence-corrected chi connectivity index (χ2v) is 6.11. The first kappa shape index (κ1) is 13.0. The molecule has 2 aliphatic rings. The lowest BCUT2D eigenvalue weighted by atomic mass is 10.1. The first-order chi connectivity index (χ1) is 10.4. The summed E-state index contributed by atoms with van der Waals surface area (Å²) in [6, 6.07) is 9.37. The lowest BCUT2D eigenvalue weighted by molar-refractivity contribution is 0.248. The highest BCUT2D eigenvalue weighted by Gasteiger charge is 2.31. The van der Waals surface area contributed by atoms with Crippen LogP contribution in [-0.2, 0) is 6.54 Å². The summed E-state index contributed by atoms with van der Waals surface area (Å²) in [5.74, 6) is 1.12. The summed E-state index contributed by atoms with van der Waals surface area (Å²) < 4.78 is 0. The smallest absolute Gasteiger partial charge is 0.136 e. The summed E-state index contributed by atoms with van der Waals surface area (Å²) in [5, 5.41) is 2.48. The fourth-order valence-corrected chi connectivity index (χ4v) is 3.39. The van der Waals surface area contributed by atoms with Crippen molar-refractivity contribution < 1.29 is 0 Å². The van der Waals surface area contributed by atoms with E-state index in [2.05, 4.69) is 34.1 Å². The molecule has 0 radical (unpaired) electrons. The second kappa shape index (κ2) is 5.28. The third-order valence-corrected chi connectivity index (χ3v) is 4.75. The number of pyridine rings is 1. The van der Waals surface area contributed by atoms with E-state index in [9.17, 15) is 0 Å². The van der Waals surface area contributed by atoms with Gasteiger partial charge in [0.15, 0.2) is 0 Å². The number of nitrogens with zero attached hydrogens (tertiary/aromatic N) is 3. The van der Waals surface area contributed by atoms with Crippen LogP contribution in [-0.4, -0.2) is 42.1 Å². The largest absolute Gasteiger partial charge is 0.354 e. The molecule has 4 nitrogen and oxygen atoms in total. The molecule has 1 aliphatic heterocycles. The van der Waals surface area contributed by atoms with Gasteiger partial charge in [0.05, 0.1) is 0 Å². The predicted octanol–water partition coefficient (Wildman–Crippen LogP) is 1.98. The normalized spacial score (nSPS) is 20.1. The Morgan fingerprint density at radius 1 is 1.05 bits per heavy atom. The first-order valence-corrected chi connectivity index (χ1v) is 7.92. The van der Waals surface area contributed by atoms with Crippen molar-refractivity contribution in [2.75, 3.05) is 31.1 Å². The molecule has 1 aromatic carbocycles. The van der Waals surface area contributed by atoms with Gasteiger partial charge in [-0.1, -0.05) is 24.3 Å². The maximum Gasteiger partial charge on any atom is 0.136 e. The van der Waals surface area contributed by atoms with Crippen molar-refractivity contribution >= 4 is 16.6 Å². The average Bonchev–Trinajstić information content (AvgIpc) is 3.39. The molecular weight excluding hydrogens is 260 g/mol. The molecule has 2 heterocycles. The molecule has 0 bridgehead atoms. The zero-order chi connectivity index (χ0) is 14.2. The molecule has 1 aliphatic carbocycles. The van der Waals surface area contributed by atoms with Crippen LogP contribution in [0.1, 0.15) is 18.4 Å². The minimum absolute atomic E-state index is 0.545. The molecule has 1 saturated carbocycles. The minimum atomic E-state index is 0.545. The van der Waals surface area contributed by atoms with Crippen molar-refractivity contribution in [1.82, 2.24) is 9.88 Å². The van der Waals surface area contributed by atoms with Crippen molar-refractivity contribution in [1.29, 1.82) is 0 Å². The van der Waals surface area contributed by atoms with Crippen LogP contribution >= 0.6 is 0 Å². The van der Waals surface area contributed by atoms with Crippen LogP contribution in [0.4, 0.5) is 5.82 Å². The SMILES string of the molecule is NCc1cnc(N2CCN(C3CC3)CC2)c2ccccc12. The van der Waals surface area contributed by atoms with E-state index in [0.717, 1.165) is 30.5 Å². The molecule has 4 heteroatoms. The van der Waals surface area contributed by atoms with E-state index in [1.807, 2.05) is 6.20 Å². The maximum absolute atomic E-state index is 5.84. The third kappa shape index (κ3) is 2.39. The third-order valence-electron chi connectivity index (χ3n) is 4.75. The molecule has 110 valence electrons. The molecule has 2 N–H and O–H groups in total. The van der Waals surface area contributed by atoms with Gasteiger partial charge in [0.25, 0.3) is 0 Å². The Morgan fingerprint density at radius 2 is 1.76 bits per heavy atom. The quantitative estimate of drug-likeness (QED) is 0.935. The molecule has 0 atom stereocenters. The number of piperazine rings is 1. The molecule has 0 amide bonds. The molecule has 4 rings (SSSR count). The van der Waals surface area contributed by atoms with Crippen LogP contribution < -0.4 is 10.6 Å². The number of nitrogens with two attached hydrogens (primary N) is 1. The molecular formula is C17H22N4. The predicted molar refractivity (Wildman–Crippen MR) is 86.4 cm³/mol. The zero-order valence-electron chi connectivity index (χ0n) is 12.3. The molecule has 21 heavy (non-hydrogen) atoms. The van der Waals surface area contributed by atoms with E-state index in [0.29, 0.717) is 6.54 Å². The van der Waals surface area contributed by atoms with E-state index < -0.39 is 0 Å². The van der Waals surface area contributed by atoms with Crippen LogP contribution in [0.5, 0.6) is 0 Å². The van der Waals surface area contributed by atoms with Crippen LogP contribution in [0.2, 0.25) is 0 Å². The Kier molecular flexibility index (Phi) is 3.28. The Morgan fingerprint density at radius 3 is 2.43 bits per heavy atom. The molecule has 2 aromatic rings. The second-order valence-electron chi connectivity index (χ2n) is 6.11. The van der Waals surface area contributed by atoms with Crippen LogP contribution in [0.3, 0.4) is 0 Å². The zero-order valence-corrected chi connectivity index (χ0v) is 12.3. The fraction of sp³-hybridized carbons (Fsp3) is 0.471. The van der Waals surface area contributed by atoms with Gasteiger partial charge in [0.1, 0.15) is 5.82 Å². The van der Waals surface area contributed by atoms with Crippen molar-refractivity contribution in [3.8, 4) is 0 Å². The van der Waals surface area contributed by atoms with Crippen LogP contribution in [0.15, 0.2) is 30.5 Å². The van der Waals surface area contributed by atoms with E-state index in [4.69, 9.17) is 10.7 Å². The molecule has 1 saturated heterocycles. The number of benzene rings is 1. The summed E-state index contributed by atoms with van der Waals surface area (Å²) in [4.78, 5) is 9.78. The average molecular weight is 282 g/mol. The topological polar surface area (TPSA) is 45.4 Å². The fourth-order valence-electron chi connectivity index (χ4n) is 3.39. The minimum Gasteiger partial charge on any atom is -0.354 e. The number of aromatic nitrogens is 1. The summed E-state index contributed by atoms with van der Waals surface area (Å²) in [6.45, 7) is 5.03. The summed E-state index contributed by atoms with van der Waals surface area (Å²) in [5.41, 5.74) is 6.97. The lowest BCUT2D eigenvalue weighted by Gasteiger charge is -2.36. The Bertz CT molecular complexity index is 642. The van der Waals surface area contributed by atoms with Gasteiger partial charge in [-0.05, 0) is 23.8 Å². The monoisotopic (exact) mass is 282 g/mol. The van der Waals surface area contributed by atoms with Crippen molar-refractivity contribution in [2.45, 2.75) is 25.4 Å². The molecule has 2 fully saturated rings. The maximum atomic E-state index is 5.84. The number of hydrogen-bond acceptors (Lipinski definition) is 4. The number of anilines is 1. The van der Waals surface area contributed by atoms with Crippen molar-refractivity contribution in [3.63, 3.8) is 0 Å². The van der Waals surface area contributed by atoms with Gasteiger partial charge in [-0.3, -0.25) is 4.90 Å². The van der Waals surface area contributed by atoms with E-state index in [-0.39, 0.29) is 0 Å². The summed E-state index contributed by atoms with van der Waals surface area (Å²) in [7, 11) is 0. The van der Waals surface area contributed by atoms with Gasteiger partial charge in [-0.25, -0.2) is 4.98 Å². The van der Waals surface area contributed by atoms with Crippen molar-refractivity contribution in [3.05, 3.63) is 36.0 Å². The summed E-state index contributed by atoms with van der Waals surface area (Å²) >= 11 is 0. The van der Waals surface area contributed by atoms with E-state index in [1.54, 1.807) is 0 Å². The van der Waals surface area contributed by atoms with Gasteiger partial charge >= 0.3 is 0 Å². The standard InChI is InChI=1S/C17H22N4/c18-11-13-12-19-17(16-4-2-1-3-15(13)16)21-9-7-20(8-10-21)14-5-6-14/h1-4,12,14H,5-11,18H2. The van der Waals surface area contributed by atoms with Gasteiger partial charge in [-0.2, -0.15) is 0 Å². The Labute approximate surface area is 125 Å². The van der Waals surface area contributed by atoms with E-state index in [1.165, 1.54) is 36.7 Å². The number of hydrogen-bond donors (Lipinski definition) is 1. The van der Waals surface area contributed by atoms with Crippen molar-refractivity contribution in [2.24, 2.45) is 5.73 Å². The highest BCUT2D eigenvalue weighted by molar-refractivity contribution is 5.94. The number of rotatable bonds is 3. The van der Waals surface area contributed by atoms with Crippen LogP contribution in [0, 0.1) is 0 Å². The van der Waals surface area contributed by atoms with E-state index >= 15 is 0 Å². The lowest BCUT2D eigenvalue weighted by Crippen LogP contribution is -2.47. The van der Waals surface area contributed by atoms with Crippen LogP contribution in [0.25, 0.3) is 10.8 Å². The van der Waals surface area contributed by atoms with Gasteiger partial charge in [0.2, 0.25) is 0 Å². The Hall–Kier alpha value is -1.65. The van der Waals surface area contributed by atoms with Gasteiger partial charge < -0.3 is 10.6 Å². The molecule has 0 unspecified atom stereocenters. The Balaban J connectivity index is 1.64. The van der Waals surface area contributed by atoms with Gasteiger partial charge in [-0.15, -0.1) is 0 Å². The molecule has 1 aromatic heterocycles. The summed E-state index contributed by atoms with van der Waals surface area (Å²) in [6.07, 6.45) is 4.74. The molecule has 0 spiro atoms.